The normalized spacial score (nSPS) is 22.2. The third-order valence-electron chi connectivity index (χ3n) is 3.85. The summed E-state index contributed by atoms with van der Waals surface area (Å²) in [4.78, 5) is 16.4. The largest absolute Gasteiger partial charge is 0.465 e. The Balaban J connectivity index is 1.75. The molecule has 0 spiro atoms. The zero-order valence-corrected chi connectivity index (χ0v) is 11.1. The average molecular weight is 266 g/mol. The monoisotopic (exact) mass is 266 g/mol. The van der Waals surface area contributed by atoms with Crippen molar-refractivity contribution in [3.05, 3.63) is 11.7 Å². The van der Waals surface area contributed by atoms with Gasteiger partial charge in [-0.2, -0.15) is 4.98 Å². The second-order valence-electron chi connectivity index (χ2n) is 5.15. The summed E-state index contributed by atoms with van der Waals surface area (Å²) in [6.07, 6.45) is 3.29. The predicted octanol–water partition coefficient (Wildman–Crippen LogP) is 1.56. The zero-order chi connectivity index (χ0) is 13.3. The highest BCUT2D eigenvalue weighted by molar-refractivity contribution is 5.85. The molecule has 104 valence electrons. The van der Waals surface area contributed by atoms with Crippen LogP contribution in [-0.2, 0) is 19.7 Å². The lowest BCUT2D eigenvalue weighted by atomic mass is 10.00. The molecule has 0 bridgehead atoms. The molecule has 6 heteroatoms. The molecular weight excluding hydrogens is 248 g/mol. The smallest absolute Gasteiger partial charge is 0.321 e. The summed E-state index contributed by atoms with van der Waals surface area (Å²) in [6, 6.07) is 0. The Morgan fingerprint density at radius 2 is 2.16 bits per heavy atom. The molecular formula is C13H18N2O4. The molecule has 2 heterocycles. The Bertz CT molecular complexity index is 461. The fourth-order valence-corrected chi connectivity index (χ4v) is 2.45. The Kier molecular flexibility index (Phi) is 3.26. The SMILES string of the molecule is CCOC(=O)C1(c2nc(C3CCOCC3)no2)CC1. The van der Waals surface area contributed by atoms with E-state index in [0.717, 1.165) is 38.9 Å². The van der Waals surface area contributed by atoms with Crippen LogP contribution in [0, 0.1) is 0 Å². The summed E-state index contributed by atoms with van der Waals surface area (Å²) >= 11 is 0. The van der Waals surface area contributed by atoms with Crippen LogP contribution in [0.25, 0.3) is 0 Å². The van der Waals surface area contributed by atoms with Crippen molar-refractivity contribution >= 4 is 5.97 Å². The maximum Gasteiger partial charge on any atom is 0.321 e. The van der Waals surface area contributed by atoms with Gasteiger partial charge in [-0.05, 0) is 32.6 Å². The third kappa shape index (κ3) is 2.25. The van der Waals surface area contributed by atoms with Crippen LogP contribution >= 0.6 is 0 Å². The van der Waals surface area contributed by atoms with Gasteiger partial charge >= 0.3 is 5.97 Å². The van der Waals surface area contributed by atoms with Gasteiger partial charge in [-0.25, -0.2) is 0 Å². The Morgan fingerprint density at radius 1 is 1.42 bits per heavy atom. The Morgan fingerprint density at radius 3 is 2.79 bits per heavy atom. The van der Waals surface area contributed by atoms with E-state index in [2.05, 4.69) is 10.1 Å². The van der Waals surface area contributed by atoms with E-state index in [9.17, 15) is 4.79 Å². The number of esters is 1. The number of hydrogen-bond acceptors (Lipinski definition) is 6. The highest BCUT2D eigenvalue weighted by Crippen LogP contribution is 2.48. The molecule has 2 aliphatic rings. The molecule has 0 N–H and O–H groups in total. The van der Waals surface area contributed by atoms with Gasteiger partial charge in [0, 0.05) is 19.1 Å². The van der Waals surface area contributed by atoms with Crippen LogP contribution < -0.4 is 0 Å². The standard InChI is InChI=1S/C13H18N2O4/c1-2-18-12(16)13(5-6-13)11-14-10(15-19-11)9-3-7-17-8-4-9/h9H,2-8H2,1H3. The topological polar surface area (TPSA) is 74.5 Å². The lowest BCUT2D eigenvalue weighted by molar-refractivity contribution is -0.146. The van der Waals surface area contributed by atoms with Gasteiger partial charge in [-0.1, -0.05) is 5.16 Å². The minimum atomic E-state index is -0.660. The molecule has 19 heavy (non-hydrogen) atoms. The van der Waals surface area contributed by atoms with Gasteiger partial charge in [-0.15, -0.1) is 0 Å². The van der Waals surface area contributed by atoms with Gasteiger partial charge in [-0.3, -0.25) is 4.79 Å². The van der Waals surface area contributed by atoms with E-state index in [1.807, 2.05) is 0 Å². The quantitative estimate of drug-likeness (QED) is 0.770. The van der Waals surface area contributed by atoms with E-state index in [0.29, 0.717) is 18.3 Å². The van der Waals surface area contributed by atoms with Crippen molar-refractivity contribution in [3.63, 3.8) is 0 Å². The lowest BCUT2D eigenvalue weighted by Crippen LogP contribution is -2.23. The van der Waals surface area contributed by atoms with Crippen LogP contribution in [0.1, 0.15) is 50.2 Å². The number of nitrogens with zero attached hydrogens (tertiary/aromatic N) is 2. The molecule has 0 radical (unpaired) electrons. The molecule has 3 rings (SSSR count). The third-order valence-corrected chi connectivity index (χ3v) is 3.85. The van der Waals surface area contributed by atoms with Gasteiger partial charge < -0.3 is 14.0 Å². The summed E-state index contributed by atoms with van der Waals surface area (Å²) < 4.78 is 15.7. The van der Waals surface area contributed by atoms with Gasteiger partial charge in [0.05, 0.1) is 6.61 Å². The summed E-state index contributed by atoms with van der Waals surface area (Å²) in [7, 11) is 0. The Labute approximate surface area is 111 Å². The average Bonchev–Trinajstić information content (AvgIpc) is 3.11. The van der Waals surface area contributed by atoms with E-state index in [-0.39, 0.29) is 11.9 Å². The van der Waals surface area contributed by atoms with Crippen molar-refractivity contribution < 1.29 is 18.8 Å². The number of carbonyl (C=O) groups excluding carboxylic acids is 1. The number of ether oxygens (including phenoxy) is 2. The second kappa shape index (κ2) is 4.92. The molecule has 0 atom stereocenters. The van der Waals surface area contributed by atoms with Gasteiger partial charge in [0.1, 0.15) is 5.41 Å². The molecule has 6 nitrogen and oxygen atoms in total. The van der Waals surface area contributed by atoms with Crippen LogP contribution in [0.5, 0.6) is 0 Å². The lowest BCUT2D eigenvalue weighted by Gasteiger charge is -2.18. The number of hydrogen-bond donors (Lipinski definition) is 0. The fourth-order valence-electron chi connectivity index (χ4n) is 2.45. The highest BCUT2D eigenvalue weighted by Gasteiger charge is 2.57. The Hall–Kier alpha value is -1.43. The minimum absolute atomic E-state index is 0.239. The summed E-state index contributed by atoms with van der Waals surface area (Å²) in [6.45, 7) is 3.64. The van der Waals surface area contributed by atoms with E-state index in [1.54, 1.807) is 6.92 Å². The fraction of sp³-hybridized carbons (Fsp3) is 0.769. The summed E-state index contributed by atoms with van der Waals surface area (Å²) in [5, 5.41) is 4.04. The zero-order valence-electron chi connectivity index (χ0n) is 11.1. The van der Waals surface area contributed by atoms with E-state index in [1.165, 1.54) is 0 Å². The molecule has 2 fully saturated rings. The van der Waals surface area contributed by atoms with E-state index < -0.39 is 5.41 Å². The van der Waals surface area contributed by atoms with Crippen LogP contribution in [-0.4, -0.2) is 35.9 Å². The van der Waals surface area contributed by atoms with E-state index in [4.69, 9.17) is 14.0 Å². The van der Waals surface area contributed by atoms with Crippen molar-refractivity contribution in [3.8, 4) is 0 Å². The summed E-state index contributed by atoms with van der Waals surface area (Å²) in [5.74, 6) is 1.17. The maximum atomic E-state index is 11.9. The second-order valence-corrected chi connectivity index (χ2v) is 5.15. The predicted molar refractivity (Wildman–Crippen MR) is 64.6 cm³/mol. The van der Waals surface area contributed by atoms with Crippen molar-refractivity contribution in [1.29, 1.82) is 0 Å². The molecule has 1 aliphatic heterocycles. The molecule has 1 saturated carbocycles. The molecule has 1 aromatic rings. The van der Waals surface area contributed by atoms with Crippen molar-refractivity contribution in [2.24, 2.45) is 0 Å². The van der Waals surface area contributed by atoms with Gasteiger partial charge in [0.15, 0.2) is 5.82 Å². The molecule has 0 unspecified atom stereocenters. The first kappa shape index (κ1) is 12.6. The number of rotatable bonds is 4. The van der Waals surface area contributed by atoms with Crippen LogP contribution in [0.15, 0.2) is 4.52 Å². The van der Waals surface area contributed by atoms with Gasteiger partial charge in [0.2, 0.25) is 5.89 Å². The molecule has 0 aromatic carbocycles. The van der Waals surface area contributed by atoms with E-state index >= 15 is 0 Å². The first-order valence-corrected chi connectivity index (χ1v) is 6.85. The maximum absolute atomic E-state index is 11.9. The molecule has 1 aromatic heterocycles. The molecule has 0 amide bonds. The number of carbonyl (C=O) groups is 1. The molecule has 1 saturated heterocycles. The highest BCUT2D eigenvalue weighted by atomic mass is 16.5. The van der Waals surface area contributed by atoms with Crippen LogP contribution in [0.2, 0.25) is 0 Å². The molecule has 1 aliphatic carbocycles. The minimum Gasteiger partial charge on any atom is -0.465 e. The summed E-state index contributed by atoms with van der Waals surface area (Å²) in [5.41, 5.74) is -0.660. The van der Waals surface area contributed by atoms with Crippen molar-refractivity contribution in [2.75, 3.05) is 19.8 Å². The van der Waals surface area contributed by atoms with Crippen molar-refractivity contribution in [2.45, 2.75) is 43.9 Å². The first-order chi connectivity index (χ1) is 9.26. The van der Waals surface area contributed by atoms with Crippen molar-refractivity contribution in [1.82, 2.24) is 10.1 Å². The number of aromatic nitrogens is 2. The first-order valence-electron chi connectivity index (χ1n) is 6.85. The van der Waals surface area contributed by atoms with Crippen LogP contribution in [0.3, 0.4) is 0 Å². The van der Waals surface area contributed by atoms with Gasteiger partial charge in [0.25, 0.3) is 0 Å². The van der Waals surface area contributed by atoms with Crippen LogP contribution in [0.4, 0.5) is 0 Å².